The minimum Gasteiger partial charge on any atom is -0.493 e. The fourth-order valence-corrected chi connectivity index (χ4v) is 5.55. The van der Waals surface area contributed by atoms with Gasteiger partial charge in [0.15, 0.2) is 11.5 Å². The molecule has 6 nitrogen and oxygen atoms in total. The molecule has 0 N–H and O–H groups in total. The number of fused-ring (bicyclic) bond motifs is 1. The number of carbonyl (C=O) groups excluding carboxylic acids is 2. The van der Waals surface area contributed by atoms with Gasteiger partial charge in [0.1, 0.15) is 13.2 Å². The molecule has 0 fully saturated rings. The van der Waals surface area contributed by atoms with Crippen molar-refractivity contribution in [2.45, 2.75) is 38.8 Å². The van der Waals surface area contributed by atoms with Gasteiger partial charge in [-0.25, -0.2) is 0 Å². The molecule has 0 unspecified atom stereocenters. The molecule has 36 heavy (non-hydrogen) atoms. The maximum absolute atomic E-state index is 13.8. The Labute approximate surface area is 221 Å². The fourth-order valence-electron chi connectivity index (χ4n) is 4.40. The van der Waals surface area contributed by atoms with Crippen molar-refractivity contribution in [3.8, 4) is 11.5 Å². The highest BCUT2D eigenvalue weighted by Gasteiger charge is 2.36. The van der Waals surface area contributed by atoms with Crippen LogP contribution in [0.5, 0.6) is 11.5 Å². The first-order chi connectivity index (χ1) is 17.2. The summed E-state index contributed by atoms with van der Waals surface area (Å²) in [5, 5.41) is 2.42. The zero-order valence-electron chi connectivity index (χ0n) is 21.0. The molecule has 1 aliphatic heterocycles. The third-order valence-corrected chi connectivity index (χ3v) is 7.66. The first-order valence-electron chi connectivity index (χ1n) is 11.9. The minimum atomic E-state index is -0.585. The summed E-state index contributed by atoms with van der Waals surface area (Å²) in [5.41, 5.74) is 0.893. The Morgan fingerprint density at radius 2 is 1.78 bits per heavy atom. The van der Waals surface area contributed by atoms with Crippen LogP contribution >= 0.6 is 22.9 Å². The van der Waals surface area contributed by atoms with Gasteiger partial charge in [-0.2, -0.15) is 0 Å². The van der Waals surface area contributed by atoms with Crippen LogP contribution in [-0.2, 0) is 11.2 Å². The van der Waals surface area contributed by atoms with Crippen molar-refractivity contribution >= 4 is 34.8 Å². The quantitative estimate of drug-likeness (QED) is 0.387. The van der Waals surface area contributed by atoms with Gasteiger partial charge in [-0.05, 0) is 68.5 Å². The Morgan fingerprint density at radius 3 is 2.47 bits per heavy atom. The minimum absolute atomic E-state index is 0.0574. The Balaban J connectivity index is 1.58. The maximum Gasteiger partial charge on any atom is 0.256 e. The number of nitrogens with zero attached hydrogens (tertiary/aromatic N) is 2. The second-order valence-corrected chi connectivity index (χ2v) is 11.1. The van der Waals surface area contributed by atoms with E-state index in [-0.39, 0.29) is 31.0 Å². The van der Waals surface area contributed by atoms with Crippen LogP contribution in [0.4, 0.5) is 0 Å². The van der Waals surface area contributed by atoms with E-state index in [1.807, 2.05) is 49.9 Å². The lowest BCUT2D eigenvalue weighted by Gasteiger charge is -2.40. The molecule has 3 aromatic rings. The standard InChI is InChI=1S/C28H31ClN2O4S/c1-28(2,3)31(27(33)19-9-5-6-10-21(19)29)17-26(32)30-15-13-25-20(14-16-36-25)22(30)18-35-24-12-8-7-11-23(24)34-4/h5-12,14,16,22H,13,15,17-18H2,1-4H3/t22-/m0/s1. The molecule has 4 rings (SSSR count). The van der Waals surface area contributed by atoms with Gasteiger partial charge >= 0.3 is 0 Å². The van der Waals surface area contributed by atoms with Gasteiger partial charge in [-0.1, -0.05) is 35.9 Å². The van der Waals surface area contributed by atoms with Gasteiger partial charge in [0.05, 0.1) is 23.7 Å². The lowest BCUT2D eigenvalue weighted by Crippen LogP contribution is -2.53. The SMILES string of the molecule is COc1ccccc1OC[C@H]1c2ccsc2CCN1C(=O)CN(C(=O)c1ccccc1Cl)C(C)(C)C. The summed E-state index contributed by atoms with van der Waals surface area (Å²) in [4.78, 5) is 31.9. The van der Waals surface area contributed by atoms with E-state index in [0.717, 1.165) is 12.0 Å². The molecule has 2 amide bonds. The van der Waals surface area contributed by atoms with E-state index in [9.17, 15) is 9.59 Å². The molecule has 0 saturated carbocycles. The van der Waals surface area contributed by atoms with Gasteiger partial charge in [-0.3, -0.25) is 9.59 Å². The summed E-state index contributed by atoms with van der Waals surface area (Å²) in [6.07, 6.45) is 0.776. The molecule has 1 aliphatic rings. The molecule has 2 aromatic carbocycles. The zero-order chi connectivity index (χ0) is 25.9. The first kappa shape index (κ1) is 26.0. The summed E-state index contributed by atoms with van der Waals surface area (Å²) < 4.78 is 11.6. The summed E-state index contributed by atoms with van der Waals surface area (Å²) in [6.45, 7) is 6.55. The van der Waals surface area contributed by atoms with Crippen molar-refractivity contribution in [1.29, 1.82) is 0 Å². The van der Waals surface area contributed by atoms with Crippen molar-refractivity contribution in [3.05, 3.63) is 81.0 Å². The van der Waals surface area contributed by atoms with E-state index in [1.165, 1.54) is 4.88 Å². The monoisotopic (exact) mass is 526 g/mol. The second kappa shape index (κ2) is 10.9. The van der Waals surface area contributed by atoms with Crippen molar-refractivity contribution in [3.63, 3.8) is 0 Å². The van der Waals surface area contributed by atoms with Crippen LogP contribution in [0.1, 0.15) is 47.6 Å². The lowest BCUT2D eigenvalue weighted by molar-refractivity contribution is -0.136. The predicted octanol–water partition coefficient (Wildman–Crippen LogP) is 5.86. The van der Waals surface area contributed by atoms with E-state index in [2.05, 4.69) is 11.4 Å². The number of hydrogen-bond acceptors (Lipinski definition) is 5. The van der Waals surface area contributed by atoms with Gasteiger partial charge in [-0.15, -0.1) is 11.3 Å². The number of halogens is 1. The molecule has 0 spiro atoms. The molecule has 2 heterocycles. The molecule has 0 aliphatic carbocycles. The van der Waals surface area contributed by atoms with Crippen molar-refractivity contribution in [2.24, 2.45) is 0 Å². The normalized spacial score (nSPS) is 15.2. The Morgan fingerprint density at radius 1 is 1.08 bits per heavy atom. The lowest BCUT2D eigenvalue weighted by atomic mass is 9.99. The summed E-state index contributed by atoms with van der Waals surface area (Å²) in [6, 6.07) is 16.2. The van der Waals surface area contributed by atoms with Gasteiger partial charge < -0.3 is 19.3 Å². The number of rotatable bonds is 7. The Kier molecular flexibility index (Phi) is 7.91. The van der Waals surface area contributed by atoms with E-state index in [4.69, 9.17) is 21.1 Å². The van der Waals surface area contributed by atoms with Crippen LogP contribution in [-0.4, -0.2) is 54.0 Å². The number of thiophene rings is 1. The largest absolute Gasteiger partial charge is 0.493 e. The van der Waals surface area contributed by atoms with Crippen LogP contribution in [0.25, 0.3) is 0 Å². The van der Waals surface area contributed by atoms with Crippen LogP contribution < -0.4 is 9.47 Å². The third-order valence-electron chi connectivity index (χ3n) is 6.33. The van der Waals surface area contributed by atoms with Crippen molar-refractivity contribution in [1.82, 2.24) is 9.80 Å². The molecule has 0 bridgehead atoms. The average molecular weight is 527 g/mol. The second-order valence-electron chi connectivity index (χ2n) is 9.66. The predicted molar refractivity (Wildman–Crippen MR) is 143 cm³/mol. The van der Waals surface area contributed by atoms with Crippen molar-refractivity contribution < 1.29 is 19.1 Å². The van der Waals surface area contributed by atoms with Crippen LogP contribution in [0.15, 0.2) is 60.0 Å². The molecule has 0 saturated heterocycles. The molecule has 1 aromatic heterocycles. The van der Waals surface area contributed by atoms with E-state index in [1.54, 1.807) is 47.6 Å². The van der Waals surface area contributed by atoms with E-state index in [0.29, 0.717) is 28.6 Å². The highest BCUT2D eigenvalue weighted by molar-refractivity contribution is 7.10. The highest BCUT2D eigenvalue weighted by Crippen LogP contribution is 2.35. The van der Waals surface area contributed by atoms with Crippen LogP contribution in [0.3, 0.4) is 0 Å². The van der Waals surface area contributed by atoms with Gasteiger partial charge in [0.2, 0.25) is 5.91 Å². The smallest absolute Gasteiger partial charge is 0.256 e. The third kappa shape index (κ3) is 5.52. The first-order valence-corrected chi connectivity index (χ1v) is 13.1. The average Bonchev–Trinajstić information content (AvgIpc) is 3.34. The van der Waals surface area contributed by atoms with Crippen molar-refractivity contribution in [2.75, 3.05) is 26.8 Å². The highest BCUT2D eigenvalue weighted by atomic mass is 35.5. The maximum atomic E-state index is 13.8. The zero-order valence-corrected chi connectivity index (χ0v) is 22.6. The van der Waals surface area contributed by atoms with Gasteiger partial charge in [0, 0.05) is 17.0 Å². The molecule has 0 radical (unpaired) electrons. The summed E-state index contributed by atoms with van der Waals surface area (Å²) >= 11 is 8.02. The number of amides is 2. The summed E-state index contributed by atoms with van der Waals surface area (Å²) in [5.74, 6) is 0.869. The Hall–Kier alpha value is -3.03. The van der Waals surface area contributed by atoms with Crippen LogP contribution in [0.2, 0.25) is 5.02 Å². The molecular weight excluding hydrogens is 496 g/mol. The van der Waals surface area contributed by atoms with Gasteiger partial charge in [0.25, 0.3) is 5.91 Å². The van der Waals surface area contributed by atoms with Crippen LogP contribution in [0, 0.1) is 0 Å². The van der Waals surface area contributed by atoms with E-state index < -0.39 is 5.54 Å². The number of carbonyl (C=O) groups is 2. The molecule has 190 valence electrons. The number of hydrogen-bond donors (Lipinski definition) is 0. The number of para-hydroxylation sites is 2. The summed E-state index contributed by atoms with van der Waals surface area (Å²) in [7, 11) is 1.60. The number of methoxy groups -OCH3 is 1. The number of ether oxygens (including phenoxy) is 2. The molecular formula is C28H31ClN2O4S. The van der Waals surface area contributed by atoms with E-state index >= 15 is 0 Å². The Bertz CT molecular complexity index is 1240. The molecule has 1 atom stereocenters. The topological polar surface area (TPSA) is 59.1 Å². The number of benzene rings is 2. The fraction of sp³-hybridized carbons (Fsp3) is 0.357. The molecule has 8 heteroatoms.